The normalized spacial score (nSPS) is 26.4. The first kappa shape index (κ1) is 22.2. The van der Waals surface area contributed by atoms with Crippen LogP contribution < -0.4 is 10.1 Å². The molecule has 0 saturated heterocycles. The van der Waals surface area contributed by atoms with Crippen LogP contribution >= 0.6 is 11.6 Å². The first-order valence-electron chi connectivity index (χ1n) is 11.4. The van der Waals surface area contributed by atoms with Crippen molar-refractivity contribution in [2.45, 2.75) is 76.5 Å². The van der Waals surface area contributed by atoms with E-state index in [1.54, 1.807) is 6.20 Å². The van der Waals surface area contributed by atoms with Crippen molar-refractivity contribution in [1.82, 2.24) is 15.1 Å². The van der Waals surface area contributed by atoms with Gasteiger partial charge in [-0.05, 0) is 81.9 Å². The molecule has 0 spiro atoms. The van der Waals surface area contributed by atoms with Crippen LogP contribution in [0.5, 0.6) is 5.75 Å². The van der Waals surface area contributed by atoms with Gasteiger partial charge in [0.25, 0.3) is 5.91 Å². The molecular formula is C24H32ClN3O3. The lowest BCUT2D eigenvalue weighted by atomic mass is 9.87. The number of aryl methyl sites for hydroxylation is 1. The van der Waals surface area contributed by atoms with Crippen LogP contribution in [0.15, 0.2) is 30.6 Å². The second-order valence-electron chi connectivity index (χ2n) is 9.04. The molecule has 168 valence electrons. The minimum absolute atomic E-state index is 0.0509. The predicted molar refractivity (Wildman–Crippen MR) is 121 cm³/mol. The maximum Gasteiger partial charge on any atom is 0.254 e. The number of nitrogens with zero attached hydrogens (tertiary/aromatic N) is 2. The van der Waals surface area contributed by atoms with Crippen LogP contribution in [-0.4, -0.2) is 39.5 Å². The number of rotatable bonds is 6. The van der Waals surface area contributed by atoms with E-state index >= 15 is 0 Å². The van der Waals surface area contributed by atoms with Crippen LogP contribution in [0.1, 0.15) is 73.3 Å². The first-order valence-corrected chi connectivity index (χ1v) is 11.8. The second kappa shape index (κ2) is 10.0. The maximum atomic E-state index is 12.7. The number of carbonyl (C=O) groups excluding carboxylic acids is 1. The Labute approximate surface area is 188 Å². The smallest absolute Gasteiger partial charge is 0.254 e. The Balaban J connectivity index is 1.24. The largest absolute Gasteiger partial charge is 0.490 e. The minimum atomic E-state index is -0.0509. The van der Waals surface area contributed by atoms with Crippen molar-refractivity contribution >= 4 is 17.5 Å². The van der Waals surface area contributed by atoms with Gasteiger partial charge in [0.2, 0.25) is 0 Å². The van der Waals surface area contributed by atoms with Crippen LogP contribution in [0.25, 0.3) is 0 Å². The fraction of sp³-hybridized carbons (Fsp3) is 0.583. The van der Waals surface area contributed by atoms with E-state index in [1.807, 2.05) is 36.0 Å². The number of aliphatic hydroxyl groups is 1. The molecule has 2 aliphatic carbocycles. The lowest BCUT2D eigenvalue weighted by molar-refractivity contribution is 0.0893. The number of halogens is 1. The van der Waals surface area contributed by atoms with Gasteiger partial charge in [0.15, 0.2) is 0 Å². The number of aromatic nitrogens is 2. The maximum absolute atomic E-state index is 12.7. The molecule has 2 aromatic rings. The number of benzene rings is 1. The van der Waals surface area contributed by atoms with Gasteiger partial charge in [-0.3, -0.25) is 9.48 Å². The molecule has 1 aromatic carbocycles. The second-order valence-corrected chi connectivity index (χ2v) is 9.45. The van der Waals surface area contributed by atoms with E-state index in [4.69, 9.17) is 16.3 Å². The van der Waals surface area contributed by atoms with Gasteiger partial charge in [0.05, 0.1) is 23.9 Å². The first-order chi connectivity index (χ1) is 15.0. The summed E-state index contributed by atoms with van der Waals surface area (Å²) in [6, 6.07) is 6.30. The van der Waals surface area contributed by atoms with Crippen LogP contribution in [0.3, 0.4) is 0 Å². The summed E-state index contributed by atoms with van der Waals surface area (Å²) in [6.45, 7) is 2.25. The number of amides is 1. The third kappa shape index (κ3) is 5.60. The number of hydrogen-bond donors (Lipinski definition) is 2. The fourth-order valence-electron chi connectivity index (χ4n) is 4.68. The molecule has 1 heterocycles. The van der Waals surface area contributed by atoms with Crippen molar-refractivity contribution in [3.05, 3.63) is 46.7 Å². The van der Waals surface area contributed by atoms with E-state index < -0.39 is 0 Å². The van der Waals surface area contributed by atoms with E-state index in [9.17, 15) is 9.90 Å². The summed E-state index contributed by atoms with van der Waals surface area (Å²) in [6.07, 6.45) is 11.3. The van der Waals surface area contributed by atoms with E-state index in [1.165, 1.54) is 0 Å². The molecule has 7 heteroatoms. The Morgan fingerprint density at radius 2 is 1.94 bits per heavy atom. The number of nitrogens with one attached hydrogen (secondary N) is 1. The molecule has 0 bridgehead atoms. The Hall–Kier alpha value is -2.05. The molecular weight excluding hydrogens is 414 g/mol. The molecule has 2 N–H and O–H groups in total. The molecule has 0 atom stereocenters. The zero-order chi connectivity index (χ0) is 21.8. The lowest BCUT2D eigenvalue weighted by Crippen LogP contribution is -2.39. The topological polar surface area (TPSA) is 76.4 Å². The zero-order valence-corrected chi connectivity index (χ0v) is 18.9. The number of ether oxygens (including phenoxy) is 1. The molecule has 4 rings (SSSR count). The van der Waals surface area contributed by atoms with Crippen molar-refractivity contribution < 1.29 is 14.6 Å². The molecule has 2 fully saturated rings. The Morgan fingerprint density at radius 3 is 2.61 bits per heavy atom. The van der Waals surface area contributed by atoms with Crippen molar-refractivity contribution in [1.29, 1.82) is 0 Å². The summed E-state index contributed by atoms with van der Waals surface area (Å²) >= 11 is 6.19. The summed E-state index contributed by atoms with van der Waals surface area (Å²) < 4.78 is 8.02. The Bertz CT molecular complexity index is 884. The quantitative estimate of drug-likeness (QED) is 0.676. The van der Waals surface area contributed by atoms with Gasteiger partial charge in [-0.1, -0.05) is 17.7 Å². The molecule has 31 heavy (non-hydrogen) atoms. The van der Waals surface area contributed by atoms with Crippen molar-refractivity contribution in [2.24, 2.45) is 5.92 Å². The lowest BCUT2D eigenvalue weighted by Gasteiger charge is -2.29. The van der Waals surface area contributed by atoms with E-state index in [0.717, 1.165) is 67.7 Å². The highest BCUT2D eigenvalue weighted by Gasteiger charge is 2.26. The Morgan fingerprint density at radius 1 is 1.19 bits per heavy atom. The third-order valence-corrected chi connectivity index (χ3v) is 7.17. The van der Waals surface area contributed by atoms with Crippen LogP contribution in [0, 0.1) is 12.8 Å². The minimum Gasteiger partial charge on any atom is -0.490 e. The standard InChI is InChI=1S/C24H32ClN3O3/c1-16-2-9-22(12-23(16)25)31-21-10-5-19(6-11-21)27-24(30)18-13-26-28(14-18)20-7-3-17(15-29)4-8-20/h2,9,12-14,17,19-21,29H,3-8,10-11,15H2,1H3,(H,27,30). The van der Waals surface area contributed by atoms with Gasteiger partial charge in [0, 0.05) is 23.9 Å². The van der Waals surface area contributed by atoms with Gasteiger partial charge in [0.1, 0.15) is 5.75 Å². The molecule has 0 unspecified atom stereocenters. The highest BCUT2D eigenvalue weighted by atomic mass is 35.5. The zero-order valence-electron chi connectivity index (χ0n) is 18.1. The number of carbonyl (C=O) groups is 1. The SMILES string of the molecule is Cc1ccc(OC2CCC(NC(=O)c3cnn(C4CCC(CO)CC4)c3)CC2)cc1Cl. The van der Waals surface area contributed by atoms with Gasteiger partial charge in [-0.25, -0.2) is 0 Å². The average molecular weight is 446 g/mol. The van der Waals surface area contributed by atoms with E-state index in [0.29, 0.717) is 17.5 Å². The van der Waals surface area contributed by atoms with Crippen molar-refractivity contribution in [3.63, 3.8) is 0 Å². The highest BCUT2D eigenvalue weighted by molar-refractivity contribution is 6.31. The average Bonchev–Trinajstić information content (AvgIpc) is 3.28. The molecule has 2 saturated carbocycles. The summed E-state index contributed by atoms with van der Waals surface area (Å²) in [5.41, 5.74) is 1.67. The molecule has 0 radical (unpaired) electrons. The molecule has 2 aliphatic rings. The number of aliphatic hydroxyl groups excluding tert-OH is 1. The van der Waals surface area contributed by atoms with Gasteiger partial charge in [-0.15, -0.1) is 0 Å². The van der Waals surface area contributed by atoms with E-state index in [-0.39, 0.29) is 24.7 Å². The summed E-state index contributed by atoms with van der Waals surface area (Å²) in [5, 5.41) is 17.6. The fourth-order valence-corrected chi connectivity index (χ4v) is 4.85. The van der Waals surface area contributed by atoms with Crippen LogP contribution in [0.2, 0.25) is 5.02 Å². The van der Waals surface area contributed by atoms with E-state index in [2.05, 4.69) is 10.4 Å². The van der Waals surface area contributed by atoms with Gasteiger partial charge >= 0.3 is 0 Å². The van der Waals surface area contributed by atoms with Crippen LogP contribution in [-0.2, 0) is 0 Å². The van der Waals surface area contributed by atoms with Crippen molar-refractivity contribution in [2.75, 3.05) is 6.61 Å². The summed E-state index contributed by atoms with van der Waals surface area (Å²) in [7, 11) is 0. The molecule has 1 aromatic heterocycles. The number of hydrogen-bond acceptors (Lipinski definition) is 4. The molecule has 6 nitrogen and oxygen atoms in total. The molecule has 1 amide bonds. The molecule has 0 aliphatic heterocycles. The third-order valence-electron chi connectivity index (χ3n) is 6.77. The summed E-state index contributed by atoms with van der Waals surface area (Å²) in [5.74, 6) is 1.17. The van der Waals surface area contributed by atoms with Crippen molar-refractivity contribution in [3.8, 4) is 5.75 Å². The monoisotopic (exact) mass is 445 g/mol. The van der Waals surface area contributed by atoms with Gasteiger partial charge in [-0.2, -0.15) is 5.10 Å². The Kier molecular flexibility index (Phi) is 7.18. The summed E-state index contributed by atoms with van der Waals surface area (Å²) in [4.78, 5) is 12.7. The highest BCUT2D eigenvalue weighted by Crippen LogP contribution is 2.32. The van der Waals surface area contributed by atoms with Gasteiger partial charge < -0.3 is 15.2 Å². The van der Waals surface area contributed by atoms with Crippen LogP contribution in [0.4, 0.5) is 0 Å². The predicted octanol–water partition coefficient (Wildman–Crippen LogP) is 4.69.